The summed E-state index contributed by atoms with van der Waals surface area (Å²) in [5.41, 5.74) is 0.615. The monoisotopic (exact) mass is 273 g/mol. The van der Waals surface area contributed by atoms with Gasteiger partial charge in [0.05, 0.1) is 12.8 Å². The Bertz CT molecular complexity index is 532. The quantitative estimate of drug-likeness (QED) is 0.630. The number of hydrogen-bond acceptors (Lipinski definition) is 5. The Morgan fingerprint density at radius 1 is 1.44 bits per heavy atom. The van der Waals surface area contributed by atoms with Gasteiger partial charge in [0.2, 0.25) is 10.0 Å². The molecule has 0 spiro atoms. The van der Waals surface area contributed by atoms with Crippen LogP contribution in [0.1, 0.15) is 12.5 Å². The van der Waals surface area contributed by atoms with Crippen molar-refractivity contribution in [3.8, 4) is 5.75 Å². The second-order valence-corrected chi connectivity index (χ2v) is 5.78. The van der Waals surface area contributed by atoms with E-state index in [1.54, 1.807) is 19.1 Å². The van der Waals surface area contributed by atoms with Gasteiger partial charge in [-0.25, -0.2) is 8.42 Å². The zero-order chi connectivity index (χ0) is 13.9. The summed E-state index contributed by atoms with van der Waals surface area (Å²) in [6.45, 7) is 2.85. The summed E-state index contributed by atoms with van der Waals surface area (Å²) in [4.78, 5) is 11.2. The van der Waals surface area contributed by atoms with Crippen LogP contribution in [0.3, 0.4) is 0 Å². The average molecular weight is 273 g/mol. The number of benzene rings is 1. The van der Waals surface area contributed by atoms with E-state index in [0.717, 1.165) is 7.11 Å². The largest absolute Gasteiger partial charge is 0.506 e. The van der Waals surface area contributed by atoms with Crippen molar-refractivity contribution in [2.75, 3.05) is 11.8 Å². The molecule has 1 aromatic carbocycles. The number of carbonyl (C=O) groups excluding carboxylic acids is 1. The van der Waals surface area contributed by atoms with Crippen molar-refractivity contribution in [3.63, 3.8) is 0 Å². The van der Waals surface area contributed by atoms with Gasteiger partial charge in [0.15, 0.2) is 5.25 Å². The lowest BCUT2D eigenvalue weighted by atomic mass is 10.2. The number of sulfonamides is 1. The van der Waals surface area contributed by atoms with Crippen LogP contribution in [-0.2, 0) is 19.6 Å². The molecule has 0 aliphatic heterocycles. The number of ether oxygens (including phenoxy) is 1. The fourth-order valence-electron chi connectivity index (χ4n) is 1.31. The molecule has 0 aliphatic carbocycles. The van der Waals surface area contributed by atoms with Gasteiger partial charge in [-0.3, -0.25) is 9.52 Å². The van der Waals surface area contributed by atoms with E-state index in [1.165, 1.54) is 13.0 Å². The van der Waals surface area contributed by atoms with E-state index in [4.69, 9.17) is 0 Å². The maximum Gasteiger partial charge on any atom is 0.325 e. The molecule has 7 heteroatoms. The summed E-state index contributed by atoms with van der Waals surface area (Å²) in [5.74, 6) is -1.06. The molecule has 0 aliphatic rings. The van der Waals surface area contributed by atoms with Crippen LogP contribution in [0, 0.1) is 6.92 Å². The highest BCUT2D eigenvalue weighted by atomic mass is 32.2. The van der Waals surface area contributed by atoms with Crippen LogP contribution in [0.5, 0.6) is 5.75 Å². The normalized spacial score (nSPS) is 12.8. The van der Waals surface area contributed by atoms with Crippen LogP contribution in [-0.4, -0.2) is 31.9 Å². The Morgan fingerprint density at radius 2 is 2.06 bits per heavy atom. The molecule has 0 heterocycles. The minimum Gasteiger partial charge on any atom is -0.506 e. The Kier molecular flexibility index (Phi) is 4.18. The lowest BCUT2D eigenvalue weighted by molar-refractivity contribution is -0.139. The topological polar surface area (TPSA) is 92.7 Å². The van der Waals surface area contributed by atoms with Crippen LogP contribution < -0.4 is 4.72 Å². The smallest absolute Gasteiger partial charge is 0.325 e. The van der Waals surface area contributed by atoms with Crippen molar-refractivity contribution < 1.29 is 23.1 Å². The van der Waals surface area contributed by atoms with Crippen LogP contribution in [0.25, 0.3) is 0 Å². The number of phenolic OH excluding ortho intramolecular Hbond substituents is 1. The summed E-state index contributed by atoms with van der Waals surface area (Å²) >= 11 is 0. The average Bonchev–Trinajstić information content (AvgIpc) is 2.32. The first-order valence-corrected chi connectivity index (χ1v) is 6.72. The number of aromatic hydroxyl groups is 1. The molecule has 0 bridgehead atoms. The minimum absolute atomic E-state index is 0.0632. The zero-order valence-corrected chi connectivity index (χ0v) is 11.1. The predicted molar refractivity (Wildman–Crippen MR) is 66.9 cm³/mol. The van der Waals surface area contributed by atoms with Crippen molar-refractivity contribution in [1.82, 2.24) is 0 Å². The van der Waals surface area contributed by atoms with Crippen molar-refractivity contribution in [2.45, 2.75) is 19.1 Å². The third kappa shape index (κ3) is 2.92. The maximum absolute atomic E-state index is 11.9. The molecule has 1 unspecified atom stereocenters. The standard InChI is InChI=1S/C11H15NO5S/c1-7-5-4-6-9(13)10(7)12-18(15,16)8(2)11(14)17-3/h4-6,8,12-13H,1-3H3. The molecule has 1 aromatic rings. The number of anilines is 1. The molecular formula is C11H15NO5S. The van der Waals surface area contributed by atoms with E-state index in [9.17, 15) is 18.3 Å². The highest BCUT2D eigenvalue weighted by Crippen LogP contribution is 2.28. The summed E-state index contributed by atoms with van der Waals surface area (Å²) in [5, 5.41) is 8.23. The molecular weight excluding hydrogens is 258 g/mol. The van der Waals surface area contributed by atoms with Crippen molar-refractivity contribution in [2.24, 2.45) is 0 Å². The fraction of sp³-hybridized carbons (Fsp3) is 0.364. The van der Waals surface area contributed by atoms with Gasteiger partial charge in [0.1, 0.15) is 5.75 Å². The lowest BCUT2D eigenvalue weighted by Crippen LogP contribution is -2.33. The zero-order valence-electron chi connectivity index (χ0n) is 10.3. The van der Waals surface area contributed by atoms with E-state index < -0.39 is 21.2 Å². The van der Waals surface area contributed by atoms with Gasteiger partial charge in [0.25, 0.3) is 0 Å². The van der Waals surface area contributed by atoms with E-state index in [0.29, 0.717) is 5.56 Å². The minimum atomic E-state index is -3.95. The molecule has 0 saturated heterocycles. The van der Waals surface area contributed by atoms with E-state index in [1.807, 2.05) is 0 Å². The molecule has 100 valence electrons. The Labute approximate surface area is 106 Å². The third-order valence-corrected chi connectivity index (χ3v) is 4.11. The van der Waals surface area contributed by atoms with E-state index in [2.05, 4.69) is 9.46 Å². The molecule has 0 aromatic heterocycles. The SMILES string of the molecule is COC(=O)C(C)S(=O)(=O)Nc1c(C)cccc1O. The van der Waals surface area contributed by atoms with Crippen LogP contribution >= 0.6 is 0 Å². The molecule has 0 amide bonds. The van der Waals surface area contributed by atoms with E-state index in [-0.39, 0.29) is 11.4 Å². The van der Waals surface area contributed by atoms with Gasteiger partial charge < -0.3 is 9.84 Å². The first-order valence-electron chi connectivity index (χ1n) is 5.17. The van der Waals surface area contributed by atoms with Gasteiger partial charge in [-0.1, -0.05) is 12.1 Å². The summed E-state index contributed by atoms with van der Waals surface area (Å²) < 4.78 is 30.3. The number of methoxy groups -OCH3 is 1. The van der Waals surface area contributed by atoms with Gasteiger partial charge >= 0.3 is 5.97 Å². The van der Waals surface area contributed by atoms with Gasteiger partial charge in [-0.2, -0.15) is 0 Å². The highest BCUT2D eigenvalue weighted by molar-refractivity contribution is 7.94. The molecule has 1 rings (SSSR count). The van der Waals surface area contributed by atoms with Crippen molar-refractivity contribution >= 4 is 21.7 Å². The fourth-order valence-corrected chi connectivity index (χ4v) is 2.38. The Morgan fingerprint density at radius 3 is 2.56 bits per heavy atom. The molecule has 2 N–H and O–H groups in total. The van der Waals surface area contributed by atoms with Crippen LogP contribution in [0.4, 0.5) is 5.69 Å². The van der Waals surface area contributed by atoms with Crippen molar-refractivity contribution in [3.05, 3.63) is 23.8 Å². The summed E-state index contributed by atoms with van der Waals surface area (Å²) in [7, 11) is -2.84. The highest BCUT2D eigenvalue weighted by Gasteiger charge is 2.29. The molecule has 0 radical (unpaired) electrons. The Balaban J connectivity index is 3.07. The van der Waals surface area contributed by atoms with Gasteiger partial charge in [-0.15, -0.1) is 0 Å². The third-order valence-electron chi connectivity index (χ3n) is 2.49. The predicted octanol–water partition coefficient (Wildman–Crippen LogP) is 1.00. The molecule has 6 nitrogen and oxygen atoms in total. The maximum atomic E-state index is 11.9. The first kappa shape index (κ1) is 14.3. The van der Waals surface area contributed by atoms with Crippen molar-refractivity contribution in [1.29, 1.82) is 0 Å². The summed E-state index contributed by atoms with van der Waals surface area (Å²) in [6, 6.07) is 4.58. The molecule has 1 atom stereocenters. The number of rotatable bonds is 4. The van der Waals surface area contributed by atoms with Crippen LogP contribution in [0.15, 0.2) is 18.2 Å². The van der Waals surface area contributed by atoms with Crippen LogP contribution in [0.2, 0.25) is 0 Å². The Hall–Kier alpha value is -1.76. The van der Waals surface area contributed by atoms with E-state index >= 15 is 0 Å². The van der Waals surface area contributed by atoms with Gasteiger partial charge in [0, 0.05) is 0 Å². The second-order valence-electron chi connectivity index (χ2n) is 3.78. The second kappa shape index (κ2) is 5.26. The first-order chi connectivity index (χ1) is 8.29. The number of carbonyl (C=O) groups is 1. The number of aryl methyl sites for hydroxylation is 1. The number of nitrogens with one attached hydrogen (secondary N) is 1. The number of hydrogen-bond donors (Lipinski definition) is 2. The number of esters is 1. The number of para-hydroxylation sites is 1. The summed E-state index contributed by atoms with van der Waals surface area (Å²) in [6.07, 6.45) is 0. The molecule has 0 fully saturated rings. The molecule has 18 heavy (non-hydrogen) atoms. The lowest BCUT2D eigenvalue weighted by Gasteiger charge is -2.15. The molecule has 0 saturated carbocycles. The van der Waals surface area contributed by atoms with Gasteiger partial charge in [-0.05, 0) is 25.5 Å². The number of phenols is 1.